The van der Waals surface area contributed by atoms with Crippen LogP contribution in [0.1, 0.15) is 21.5 Å². The lowest BCUT2D eigenvalue weighted by molar-refractivity contribution is -0.384. The van der Waals surface area contributed by atoms with Gasteiger partial charge < -0.3 is 15.3 Å². The summed E-state index contributed by atoms with van der Waals surface area (Å²) in [6.45, 7) is 1.38. The second-order valence-electron chi connectivity index (χ2n) is 6.86. The molecule has 0 spiro atoms. The molecule has 0 atom stereocenters. The van der Waals surface area contributed by atoms with E-state index in [0.29, 0.717) is 28.8 Å². The van der Waals surface area contributed by atoms with Gasteiger partial charge in [0.25, 0.3) is 5.69 Å². The van der Waals surface area contributed by atoms with Gasteiger partial charge in [-0.2, -0.15) is 0 Å². The molecule has 0 bridgehead atoms. The third kappa shape index (κ3) is 3.90. The summed E-state index contributed by atoms with van der Waals surface area (Å²) in [5.41, 5.74) is 3.73. The van der Waals surface area contributed by atoms with Gasteiger partial charge in [0.15, 0.2) is 0 Å². The lowest BCUT2D eigenvalue weighted by atomic mass is 10.1. The number of benzene rings is 3. The summed E-state index contributed by atoms with van der Waals surface area (Å²) in [6, 6.07) is 15.0. The first-order valence-corrected chi connectivity index (χ1v) is 9.68. The Morgan fingerprint density at radius 1 is 1.00 bits per heavy atom. The van der Waals surface area contributed by atoms with Gasteiger partial charge in [0.1, 0.15) is 0 Å². The van der Waals surface area contributed by atoms with Crippen molar-refractivity contribution in [2.75, 3.05) is 10.2 Å². The number of halogens is 2. The van der Waals surface area contributed by atoms with Crippen molar-refractivity contribution in [1.29, 1.82) is 0 Å². The van der Waals surface area contributed by atoms with E-state index in [4.69, 9.17) is 23.2 Å². The van der Waals surface area contributed by atoms with Crippen molar-refractivity contribution >= 4 is 51.9 Å². The molecule has 152 valence electrons. The molecule has 1 aliphatic rings. The average Bonchev–Trinajstić information content (AvgIpc) is 3.13. The van der Waals surface area contributed by atoms with Gasteiger partial charge in [-0.05, 0) is 47.5 Å². The Labute approximate surface area is 181 Å². The Balaban J connectivity index is 1.58. The number of nitro benzene ring substituents is 1. The normalized spacial score (nSPS) is 12.5. The highest BCUT2D eigenvalue weighted by molar-refractivity contribution is 6.42. The number of carboxylic acids is 1. The average molecular weight is 444 g/mol. The summed E-state index contributed by atoms with van der Waals surface area (Å²) in [4.78, 5) is 24.0. The fourth-order valence-corrected chi connectivity index (χ4v) is 3.72. The molecule has 3 aromatic carbocycles. The minimum Gasteiger partial charge on any atom is -0.478 e. The molecule has 0 aromatic heterocycles. The zero-order valence-corrected chi connectivity index (χ0v) is 16.9. The molecule has 0 aliphatic carbocycles. The number of fused-ring (bicyclic) bond motifs is 1. The Hall–Kier alpha value is -3.29. The molecule has 9 heteroatoms. The molecule has 7 nitrogen and oxygen atoms in total. The number of carbonyl (C=O) groups is 1. The minimum atomic E-state index is -1.24. The van der Waals surface area contributed by atoms with E-state index < -0.39 is 10.9 Å². The van der Waals surface area contributed by atoms with E-state index in [2.05, 4.69) is 10.2 Å². The zero-order chi connectivity index (χ0) is 21.4. The predicted octanol–water partition coefficient (Wildman–Crippen LogP) is 5.86. The largest absolute Gasteiger partial charge is 0.478 e. The monoisotopic (exact) mass is 443 g/mol. The van der Waals surface area contributed by atoms with Crippen molar-refractivity contribution in [1.82, 2.24) is 0 Å². The smallest absolute Gasteiger partial charge is 0.338 e. The summed E-state index contributed by atoms with van der Waals surface area (Å²) in [7, 11) is 0. The number of nitro groups is 1. The summed E-state index contributed by atoms with van der Waals surface area (Å²) in [5, 5.41) is 24.4. The molecule has 3 aromatic rings. The molecular formula is C21H15Cl2N3O4. The van der Waals surface area contributed by atoms with Gasteiger partial charge >= 0.3 is 5.97 Å². The highest BCUT2D eigenvalue weighted by atomic mass is 35.5. The van der Waals surface area contributed by atoms with Gasteiger partial charge in [0, 0.05) is 36.6 Å². The second-order valence-corrected chi connectivity index (χ2v) is 7.67. The van der Waals surface area contributed by atoms with Crippen molar-refractivity contribution in [3.8, 4) is 0 Å². The number of nitrogens with zero attached hydrogens (tertiary/aromatic N) is 2. The molecule has 0 unspecified atom stereocenters. The van der Waals surface area contributed by atoms with E-state index in [9.17, 15) is 20.0 Å². The van der Waals surface area contributed by atoms with Crippen LogP contribution in [0.25, 0.3) is 0 Å². The van der Waals surface area contributed by atoms with Crippen LogP contribution in [0.5, 0.6) is 0 Å². The van der Waals surface area contributed by atoms with Crippen LogP contribution in [0.3, 0.4) is 0 Å². The van der Waals surface area contributed by atoms with E-state index in [0.717, 1.165) is 22.9 Å². The Morgan fingerprint density at radius 3 is 2.47 bits per heavy atom. The van der Waals surface area contributed by atoms with Gasteiger partial charge in [-0.1, -0.05) is 29.3 Å². The van der Waals surface area contributed by atoms with E-state index in [1.165, 1.54) is 12.1 Å². The quantitative estimate of drug-likeness (QED) is 0.378. The van der Waals surface area contributed by atoms with Crippen LogP contribution in [0.15, 0.2) is 54.6 Å². The Kier molecular flexibility index (Phi) is 5.24. The number of nitrogens with one attached hydrogen (secondary N) is 1. The van der Waals surface area contributed by atoms with E-state index in [1.807, 2.05) is 30.3 Å². The molecule has 0 saturated carbocycles. The molecule has 1 heterocycles. The molecular weight excluding hydrogens is 429 g/mol. The molecule has 0 saturated heterocycles. The Morgan fingerprint density at radius 2 is 1.77 bits per heavy atom. The van der Waals surface area contributed by atoms with Crippen molar-refractivity contribution < 1.29 is 14.8 Å². The highest BCUT2D eigenvalue weighted by Crippen LogP contribution is 2.34. The van der Waals surface area contributed by atoms with Crippen LogP contribution in [-0.4, -0.2) is 16.0 Å². The summed E-state index contributed by atoms with van der Waals surface area (Å²) in [5.74, 6) is -1.24. The van der Waals surface area contributed by atoms with Crippen LogP contribution >= 0.6 is 23.2 Å². The fraction of sp³-hybridized carbons (Fsp3) is 0.0952. The summed E-state index contributed by atoms with van der Waals surface area (Å²) < 4.78 is 0. The van der Waals surface area contributed by atoms with Crippen LogP contribution in [0.2, 0.25) is 10.0 Å². The molecule has 2 N–H and O–H groups in total. The summed E-state index contributed by atoms with van der Waals surface area (Å²) >= 11 is 12.1. The van der Waals surface area contributed by atoms with Crippen LogP contribution in [0, 0.1) is 10.1 Å². The second kappa shape index (κ2) is 7.85. The number of anilines is 3. The van der Waals surface area contributed by atoms with Gasteiger partial charge in [-0.3, -0.25) is 10.1 Å². The Bertz CT molecular complexity index is 1180. The van der Waals surface area contributed by atoms with E-state index in [-0.39, 0.29) is 16.9 Å². The lowest BCUT2D eigenvalue weighted by Crippen LogP contribution is -2.14. The van der Waals surface area contributed by atoms with Crippen molar-refractivity contribution in [2.45, 2.75) is 13.1 Å². The maximum absolute atomic E-state index is 11.5. The molecule has 0 radical (unpaired) electrons. The predicted molar refractivity (Wildman–Crippen MR) is 116 cm³/mol. The standard InChI is InChI=1S/C21H15Cl2N3O4/c22-18-5-3-15(9-19(18)23)25-10-12-1-2-14(7-13(12)11-25)24-20-6-4-16(26(29)30)8-17(20)21(27)28/h1-9,24H,10-11H2,(H,27,28). The number of hydrogen-bond donors (Lipinski definition) is 2. The third-order valence-corrected chi connectivity index (χ3v) is 5.66. The van der Waals surface area contributed by atoms with Crippen molar-refractivity contribution in [2.24, 2.45) is 0 Å². The maximum Gasteiger partial charge on any atom is 0.338 e. The molecule has 1 aliphatic heterocycles. The van der Waals surface area contributed by atoms with Crippen molar-refractivity contribution in [3.05, 3.63) is 91.4 Å². The van der Waals surface area contributed by atoms with E-state index >= 15 is 0 Å². The fourth-order valence-electron chi connectivity index (χ4n) is 3.42. The molecule has 0 amide bonds. The van der Waals surface area contributed by atoms with E-state index in [1.54, 1.807) is 6.07 Å². The minimum absolute atomic E-state index is 0.165. The van der Waals surface area contributed by atoms with Gasteiger partial charge in [-0.25, -0.2) is 4.79 Å². The molecule has 0 fully saturated rings. The highest BCUT2D eigenvalue weighted by Gasteiger charge is 2.21. The first kappa shape index (κ1) is 20.0. The van der Waals surface area contributed by atoms with Gasteiger partial charge in [-0.15, -0.1) is 0 Å². The van der Waals surface area contributed by atoms with Gasteiger partial charge in [0.05, 0.1) is 26.2 Å². The lowest BCUT2D eigenvalue weighted by Gasteiger charge is -2.18. The topological polar surface area (TPSA) is 95.7 Å². The number of carboxylic acid groups (broad SMARTS) is 1. The van der Waals surface area contributed by atoms with Crippen LogP contribution in [0.4, 0.5) is 22.7 Å². The van der Waals surface area contributed by atoms with Gasteiger partial charge in [0.2, 0.25) is 0 Å². The first-order valence-electron chi connectivity index (χ1n) is 8.92. The number of aromatic carboxylic acids is 1. The SMILES string of the molecule is O=C(O)c1cc([N+](=O)[O-])ccc1Nc1ccc2c(c1)CN(c1ccc(Cl)c(Cl)c1)C2. The number of hydrogen-bond acceptors (Lipinski definition) is 5. The third-order valence-electron chi connectivity index (χ3n) is 4.92. The summed E-state index contributed by atoms with van der Waals surface area (Å²) in [6.07, 6.45) is 0. The molecule has 4 rings (SSSR count). The molecule has 30 heavy (non-hydrogen) atoms. The zero-order valence-electron chi connectivity index (χ0n) is 15.4. The number of rotatable bonds is 5. The maximum atomic E-state index is 11.5. The van der Waals surface area contributed by atoms with Crippen LogP contribution < -0.4 is 10.2 Å². The number of non-ortho nitro benzene ring substituents is 1. The first-order chi connectivity index (χ1) is 14.3. The van der Waals surface area contributed by atoms with Crippen molar-refractivity contribution in [3.63, 3.8) is 0 Å². The van der Waals surface area contributed by atoms with Crippen LogP contribution in [-0.2, 0) is 13.1 Å².